The lowest BCUT2D eigenvalue weighted by Crippen LogP contribution is -2.38. The zero-order valence-corrected chi connectivity index (χ0v) is 7.83. The quantitative estimate of drug-likeness (QED) is 0.536. The fourth-order valence-electron chi connectivity index (χ4n) is 0.856. The molecule has 0 aliphatic heterocycles. The number of azo groups is 1. The fourth-order valence-corrected chi connectivity index (χ4v) is 0.856. The summed E-state index contributed by atoms with van der Waals surface area (Å²) < 4.78 is 0. The number of nitrogens with one attached hydrogen (secondary N) is 1. The molecule has 3 N–H and O–H groups in total. The Labute approximate surface area is 86.2 Å². The third kappa shape index (κ3) is 3.55. The minimum Gasteiger partial charge on any atom is -0.366 e. The van der Waals surface area contributed by atoms with Gasteiger partial charge in [-0.25, -0.2) is 0 Å². The summed E-state index contributed by atoms with van der Waals surface area (Å²) in [5.74, 6) is -0.762. The normalized spacial score (nSPS) is 12.3. The molecule has 0 bridgehead atoms. The zero-order valence-electron chi connectivity index (χ0n) is 7.83. The molecule has 1 aromatic carbocycles. The van der Waals surface area contributed by atoms with Crippen LogP contribution < -0.4 is 11.1 Å². The van der Waals surface area contributed by atoms with Crippen LogP contribution in [0.25, 0.3) is 0 Å². The fraction of sp³-hybridized carbons (Fsp3) is 0.111. The first-order valence-electron chi connectivity index (χ1n) is 4.19. The second kappa shape index (κ2) is 5.48. The predicted octanol–water partition coefficient (Wildman–Crippen LogP) is 0.328. The maximum absolute atomic E-state index is 10.8. The summed E-state index contributed by atoms with van der Waals surface area (Å²) in [6, 6.07) is 8.81. The van der Waals surface area contributed by atoms with Crippen LogP contribution in [0.3, 0.4) is 0 Å². The van der Waals surface area contributed by atoms with Crippen molar-refractivity contribution in [3.63, 3.8) is 0 Å². The van der Waals surface area contributed by atoms with Gasteiger partial charge < -0.3 is 11.1 Å². The van der Waals surface area contributed by atoms with Crippen LogP contribution in [0, 0.1) is 0 Å². The van der Waals surface area contributed by atoms with Crippen LogP contribution in [0.4, 0.5) is 5.69 Å². The molecule has 0 saturated heterocycles. The highest BCUT2D eigenvalue weighted by Crippen LogP contribution is 2.10. The van der Waals surface area contributed by atoms with Gasteiger partial charge in [0.1, 0.15) is 0 Å². The molecule has 0 radical (unpaired) electrons. The number of nitrogens with zero attached hydrogens (tertiary/aromatic N) is 2. The maximum atomic E-state index is 10.8. The monoisotopic (exact) mass is 206 g/mol. The van der Waals surface area contributed by atoms with E-state index in [2.05, 4.69) is 15.5 Å². The number of nitrogens with two attached hydrogens (primary N) is 1. The molecule has 6 heteroatoms. The third-order valence-electron chi connectivity index (χ3n) is 1.54. The summed E-state index contributed by atoms with van der Waals surface area (Å²) >= 11 is 0. The van der Waals surface area contributed by atoms with Gasteiger partial charge in [-0.2, -0.15) is 10.2 Å². The van der Waals surface area contributed by atoms with Gasteiger partial charge in [-0.1, -0.05) is 18.2 Å². The standard InChI is InChI=1S/C9H10N4O2/c10-8(15)9(11-6-14)13-12-7-4-2-1-3-5-7/h1-6,9H,(H2,10,15)(H,11,14)/t9-/m1/s1. The molecule has 2 amide bonds. The molecular weight excluding hydrogens is 196 g/mol. The Morgan fingerprint density at radius 2 is 2.07 bits per heavy atom. The molecule has 6 nitrogen and oxygen atoms in total. The molecular formula is C9H10N4O2. The maximum Gasteiger partial charge on any atom is 0.264 e. The first-order valence-corrected chi connectivity index (χ1v) is 4.19. The highest BCUT2D eigenvalue weighted by molar-refractivity contribution is 5.81. The minimum atomic E-state index is -1.12. The summed E-state index contributed by atoms with van der Waals surface area (Å²) in [6.07, 6.45) is -0.776. The number of amides is 2. The van der Waals surface area contributed by atoms with Gasteiger partial charge in [0.05, 0.1) is 5.69 Å². The summed E-state index contributed by atoms with van der Waals surface area (Å²) in [7, 11) is 0. The molecule has 78 valence electrons. The van der Waals surface area contributed by atoms with Gasteiger partial charge in [0.2, 0.25) is 12.6 Å². The van der Waals surface area contributed by atoms with E-state index in [9.17, 15) is 9.59 Å². The number of rotatable bonds is 5. The molecule has 1 rings (SSSR count). The van der Waals surface area contributed by atoms with Gasteiger partial charge in [-0.05, 0) is 12.1 Å². The number of hydrogen-bond donors (Lipinski definition) is 2. The molecule has 0 saturated carbocycles. The van der Waals surface area contributed by atoms with E-state index in [1.807, 2.05) is 6.07 Å². The number of carbonyl (C=O) groups excluding carboxylic acids is 2. The Balaban J connectivity index is 2.69. The molecule has 0 spiro atoms. The van der Waals surface area contributed by atoms with Crippen molar-refractivity contribution >= 4 is 18.0 Å². The Kier molecular flexibility index (Phi) is 3.96. The van der Waals surface area contributed by atoms with Gasteiger partial charge in [0, 0.05) is 0 Å². The lowest BCUT2D eigenvalue weighted by Gasteiger charge is -2.03. The Bertz CT molecular complexity index is 364. The molecule has 1 atom stereocenters. The van der Waals surface area contributed by atoms with Crippen LogP contribution in [0.1, 0.15) is 0 Å². The molecule has 0 aromatic heterocycles. The van der Waals surface area contributed by atoms with E-state index in [0.29, 0.717) is 12.1 Å². The number of carbonyl (C=O) groups is 2. The minimum absolute atomic E-state index is 0.347. The average Bonchev–Trinajstić information content (AvgIpc) is 2.25. The Hall–Kier alpha value is -2.24. The van der Waals surface area contributed by atoms with Crippen molar-refractivity contribution in [3.8, 4) is 0 Å². The van der Waals surface area contributed by atoms with Gasteiger partial charge in [0.15, 0.2) is 0 Å². The lowest BCUT2D eigenvalue weighted by molar-refractivity contribution is -0.122. The highest BCUT2D eigenvalue weighted by atomic mass is 16.2. The van der Waals surface area contributed by atoms with Gasteiger partial charge in [-0.3, -0.25) is 9.59 Å². The molecule has 0 unspecified atom stereocenters. The van der Waals surface area contributed by atoms with Crippen LogP contribution >= 0.6 is 0 Å². The van der Waals surface area contributed by atoms with Crippen molar-refractivity contribution in [1.29, 1.82) is 0 Å². The van der Waals surface area contributed by atoms with Crippen molar-refractivity contribution < 1.29 is 9.59 Å². The first-order chi connectivity index (χ1) is 7.24. The first kappa shape index (κ1) is 10.8. The molecule has 0 aliphatic rings. The smallest absolute Gasteiger partial charge is 0.264 e. The Morgan fingerprint density at radius 1 is 1.40 bits per heavy atom. The van der Waals surface area contributed by atoms with Crippen molar-refractivity contribution in [3.05, 3.63) is 30.3 Å². The number of hydrogen-bond acceptors (Lipinski definition) is 4. The van der Waals surface area contributed by atoms with Crippen molar-refractivity contribution in [2.75, 3.05) is 0 Å². The number of benzene rings is 1. The molecule has 0 heterocycles. The Morgan fingerprint density at radius 3 is 2.60 bits per heavy atom. The SMILES string of the molecule is NC(=O)[C@@H](N=Nc1ccccc1)NC=O. The van der Waals surface area contributed by atoms with Crippen LogP contribution in [-0.4, -0.2) is 18.5 Å². The lowest BCUT2D eigenvalue weighted by atomic mass is 10.3. The van der Waals surface area contributed by atoms with Gasteiger partial charge >= 0.3 is 0 Å². The molecule has 0 fully saturated rings. The summed E-state index contributed by atoms with van der Waals surface area (Å²) in [5.41, 5.74) is 5.55. The van der Waals surface area contributed by atoms with Crippen molar-refractivity contribution in [2.24, 2.45) is 16.0 Å². The number of primary amides is 1. The van der Waals surface area contributed by atoms with E-state index in [4.69, 9.17) is 5.73 Å². The van der Waals surface area contributed by atoms with Crippen LogP contribution in [0.15, 0.2) is 40.6 Å². The largest absolute Gasteiger partial charge is 0.366 e. The topological polar surface area (TPSA) is 96.9 Å². The van der Waals surface area contributed by atoms with Gasteiger partial charge in [-0.15, -0.1) is 0 Å². The van der Waals surface area contributed by atoms with Crippen LogP contribution in [0.5, 0.6) is 0 Å². The van der Waals surface area contributed by atoms with E-state index in [0.717, 1.165) is 0 Å². The summed E-state index contributed by atoms with van der Waals surface area (Å²) in [6.45, 7) is 0. The average molecular weight is 206 g/mol. The third-order valence-corrected chi connectivity index (χ3v) is 1.54. The van der Waals surface area contributed by atoms with E-state index in [-0.39, 0.29) is 0 Å². The van der Waals surface area contributed by atoms with Crippen molar-refractivity contribution in [2.45, 2.75) is 6.17 Å². The zero-order chi connectivity index (χ0) is 11.1. The molecule has 1 aromatic rings. The molecule has 0 aliphatic carbocycles. The van der Waals surface area contributed by atoms with Crippen LogP contribution in [-0.2, 0) is 9.59 Å². The van der Waals surface area contributed by atoms with Crippen molar-refractivity contribution in [1.82, 2.24) is 5.32 Å². The highest BCUT2D eigenvalue weighted by Gasteiger charge is 2.11. The van der Waals surface area contributed by atoms with Gasteiger partial charge in [0.25, 0.3) is 5.91 Å². The van der Waals surface area contributed by atoms with E-state index in [1.165, 1.54) is 0 Å². The second-order valence-corrected chi connectivity index (χ2v) is 2.64. The summed E-state index contributed by atoms with van der Waals surface area (Å²) in [5, 5.41) is 9.48. The molecule has 15 heavy (non-hydrogen) atoms. The second-order valence-electron chi connectivity index (χ2n) is 2.64. The summed E-state index contributed by atoms with van der Waals surface area (Å²) in [4.78, 5) is 20.9. The van der Waals surface area contributed by atoms with E-state index >= 15 is 0 Å². The van der Waals surface area contributed by atoms with E-state index < -0.39 is 12.1 Å². The van der Waals surface area contributed by atoms with Crippen LogP contribution in [0.2, 0.25) is 0 Å². The predicted molar refractivity (Wildman–Crippen MR) is 53.1 cm³/mol. The van der Waals surface area contributed by atoms with E-state index in [1.54, 1.807) is 24.3 Å².